The van der Waals surface area contributed by atoms with E-state index in [1.54, 1.807) is 4.68 Å². The van der Waals surface area contributed by atoms with Crippen LogP contribution in [-0.2, 0) is 0 Å². The summed E-state index contributed by atoms with van der Waals surface area (Å²) in [7, 11) is 0. The molecule has 1 heterocycles. The lowest BCUT2D eigenvalue weighted by Gasteiger charge is -2.02. The van der Waals surface area contributed by atoms with Crippen molar-refractivity contribution in [1.82, 2.24) is 9.78 Å². The van der Waals surface area contributed by atoms with Gasteiger partial charge < -0.3 is 0 Å². The molecule has 0 aliphatic heterocycles. The van der Waals surface area contributed by atoms with Gasteiger partial charge >= 0.3 is 0 Å². The summed E-state index contributed by atoms with van der Waals surface area (Å²) < 4.78 is 1.59. The molecule has 0 atom stereocenters. The molecule has 1 aromatic heterocycles. The van der Waals surface area contributed by atoms with Gasteiger partial charge in [0.25, 0.3) is 0 Å². The fourth-order valence-electron chi connectivity index (χ4n) is 2.26. The number of halogens is 1. The van der Waals surface area contributed by atoms with Crippen LogP contribution in [0, 0.1) is 6.92 Å². The van der Waals surface area contributed by atoms with Crippen molar-refractivity contribution >= 4 is 17.9 Å². The molecule has 0 saturated heterocycles. The standard InChI is InChI=1S/C17H13ClN2O/c1-12-6-5-7-13(10-12)16-15(11-21)17(18)20(19-16)14-8-3-2-4-9-14/h2-11H,1H3. The third-order valence-electron chi connectivity index (χ3n) is 3.27. The van der Waals surface area contributed by atoms with Gasteiger partial charge in [0.15, 0.2) is 6.29 Å². The van der Waals surface area contributed by atoms with E-state index in [4.69, 9.17) is 11.6 Å². The minimum atomic E-state index is 0.327. The average molecular weight is 297 g/mol. The molecule has 4 heteroatoms. The normalized spacial score (nSPS) is 10.6. The molecule has 0 radical (unpaired) electrons. The van der Waals surface area contributed by atoms with Gasteiger partial charge in [-0.15, -0.1) is 0 Å². The second-order valence-electron chi connectivity index (χ2n) is 4.79. The number of hydrogen-bond donors (Lipinski definition) is 0. The first-order valence-corrected chi connectivity index (χ1v) is 6.94. The van der Waals surface area contributed by atoms with E-state index in [1.807, 2.05) is 61.5 Å². The summed E-state index contributed by atoms with van der Waals surface area (Å²) in [5.41, 5.74) is 3.82. The van der Waals surface area contributed by atoms with Crippen molar-refractivity contribution in [3.8, 4) is 16.9 Å². The number of carbonyl (C=O) groups is 1. The van der Waals surface area contributed by atoms with Crippen LogP contribution in [0.1, 0.15) is 15.9 Å². The van der Waals surface area contributed by atoms with Crippen molar-refractivity contribution in [2.75, 3.05) is 0 Å². The lowest BCUT2D eigenvalue weighted by molar-refractivity contribution is 0.112. The lowest BCUT2D eigenvalue weighted by Crippen LogP contribution is -1.96. The number of benzene rings is 2. The largest absolute Gasteiger partial charge is 0.298 e. The van der Waals surface area contributed by atoms with Crippen LogP contribution < -0.4 is 0 Å². The molecule has 3 nitrogen and oxygen atoms in total. The zero-order valence-corrected chi connectivity index (χ0v) is 12.2. The van der Waals surface area contributed by atoms with E-state index in [0.717, 1.165) is 23.1 Å². The molecular weight excluding hydrogens is 284 g/mol. The molecule has 3 aromatic rings. The van der Waals surface area contributed by atoms with Crippen LogP contribution in [0.15, 0.2) is 54.6 Å². The second kappa shape index (κ2) is 5.54. The molecule has 21 heavy (non-hydrogen) atoms. The summed E-state index contributed by atoms with van der Waals surface area (Å²) in [6.45, 7) is 2.00. The van der Waals surface area contributed by atoms with Crippen LogP contribution in [0.5, 0.6) is 0 Å². The van der Waals surface area contributed by atoms with E-state index >= 15 is 0 Å². The fourth-order valence-corrected chi connectivity index (χ4v) is 2.53. The highest BCUT2D eigenvalue weighted by Gasteiger charge is 2.18. The van der Waals surface area contributed by atoms with Gasteiger partial charge in [0.1, 0.15) is 10.8 Å². The molecule has 0 N–H and O–H groups in total. The first kappa shape index (κ1) is 13.6. The van der Waals surface area contributed by atoms with Gasteiger partial charge in [-0.2, -0.15) is 5.10 Å². The summed E-state index contributed by atoms with van der Waals surface area (Å²) in [6.07, 6.45) is 0.756. The van der Waals surface area contributed by atoms with Crippen LogP contribution in [0.3, 0.4) is 0 Å². The van der Waals surface area contributed by atoms with Crippen molar-refractivity contribution < 1.29 is 4.79 Å². The van der Waals surface area contributed by atoms with E-state index in [2.05, 4.69) is 5.10 Å². The zero-order valence-electron chi connectivity index (χ0n) is 11.5. The molecule has 2 aromatic carbocycles. The highest BCUT2D eigenvalue weighted by molar-refractivity contribution is 6.32. The Morgan fingerprint density at radius 1 is 1.10 bits per heavy atom. The molecule has 104 valence electrons. The smallest absolute Gasteiger partial charge is 0.155 e. The van der Waals surface area contributed by atoms with Crippen LogP contribution in [0.4, 0.5) is 0 Å². The zero-order chi connectivity index (χ0) is 14.8. The van der Waals surface area contributed by atoms with Crippen molar-refractivity contribution in [3.05, 3.63) is 70.9 Å². The molecular formula is C17H13ClN2O. The SMILES string of the molecule is Cc1cccc(-c2nn(-c3ccccc3)c(Cl)c2C=O)c1. The molecule has 0 unspecified atom stereocenters. The predicted octanol–water partition coefficient (Wildman–Crippen LogP) is 4.31. The Bertz CT molecular complexity index is 794. The Balaban J connectivity index is 2.21. The van der Waals surface area contributed by atoms with Gasteiger partial charge in [-0.3, -0.25) is 4.79 Å². The Morgan fingerprint density at radius 3 is 2.52 bits per heavy atom. The van der Waals surface area contributed by atoms with Crippen LogP contribution in [0.25, 0.3) is 16.9 Å². The monoisotopic (exact) mass is 296 g/mol. The number of rotatable bonds is 3. The van der Waals surface area contributed by atoms with Gasteiger partial charge in [0.2, 0.25) is 0 Å². The third-order valence-corrected chi connectivity index (χ3v) is 3.64. The van der Waals surface area contributed by atoms with Gasteiger partial charge in [-0.05, 0) is 25.1 Å². The number of hydrogen-bond acceptors (Lipinski definition) is 2. The van der Waals surface area contributed by atoms with Crippen LogP contribution in [0.2, 0.25) is 5.15 Å². The molecule has 0 amide bonds. The van der Waals surface area contributed by atoms with Crippen molar-refractivity contribution in [1.29, 1.82) is 0 Å². The Kier molecular flexibility index (Phi) is 3.59. The highest BCUT2D eigenvalue weighted by atomic mass is 35.5. The molecule has 0 aliphatic carbocycles. The van der Waals surface area contributed by atoms with Crippen molar-refractivity contribution in [2.45, 2.75) is 6.92 Å². The first-order valence-electron chi connectivity index (χ1n) is 6.57. The predicted molar refractivity (Wildman–Crippen MR) is 84.1 cm³/mol. The second-order valence-corrected chi connectivity index (χ2v) is 5.15. The fraction of sp³-hybridized carbons (Fsp3) is 0.0588. The molecule has 0 spiro atoms. The maximum absolute atomic E-state index is 11.4. The van der Waals surface area contributed by atoms with E-state index < -0.39 is 0 Å². The molecule has 3 rings (SSSR count). The van der Waals surface area contributed by atoms with E-state index in [-0.39, 0.29) is 0 Å². The summed E-state index contributed by atoms with van der Waals surface area (Å²) in [6, 6.07) is 17.4. The quantitative estimate of drug-likeness (QED) is 0.675. The highest BCUT2D eigenvalue weighted by Crippen LogP contribution is 2.29. The molecule has 0 aliphatic rings. The molecule has 0 bridgehead atoms. The lowest BCUT2D eigenvalue weighted by atomic mass is 10.1. The van der Waals surface area contributed by atoms with Gasteiger partial charge in [0.05, 0.1) is 11.3 Å². The topological polar surface area (TPSA) is 34.9 Å². The minimum Gasteiger partial charge on any atom is -0.298 e. The van der Waals surface area contributed by atoms with E-state index in [0.29, 0.717) is 16.4 Å². The number of para-hydroxylation sites is 1. The number of aryl methyl sites for hydroxylation is 1. The van der Waals surface area contributed by atoms with Crippen molar-refractivity contribution in [3.63, 3.8) is 0 Å². The summed E-state index contributed by atoms with van der Waals surface area (Å²) >= 11 is 6.32. The Labute approximate surface area is 127 Å². The van der Waals surface area contributed by atoms with Crippen molar-refractivity contribution in [2.24, 2.45) is 0 Å². The number of nitrogens with zero attached hydrogens (tertiary/aromatic N) is 2. The Hall–Kier alpha value is -2.39. The van der Waals surface area contributed by atoms with Gasteiger partial charge in [-0.1, -0.05) is 53.6 Å². The van der Waals surface area contributed by atoms with Gasteiger partial charge in [0, 0.05) is 5.56 Å². The maximum Gasteiger partial charge on any atom is 0.155 e. The summed E-state index contributed by atoms with van der Waals surface area (Å²) in [5.74, 6) is 0. The average Bonchev–Trinajstić information content (AvgIpc) is 2.85. The van der Waals surface area contributed by atoms with Gasteiger partial charge in [-0.25, -0.2) is 4.68 Å². The molecule has 0 saturated carbocycles. The first-order chi connectivity index (χ1) is 10.2. The van der Waals surface area contributed by atoms with E-state index in [9.17, 15) is 4.79 Å². The minimum absolute atomic E-state index is 0.327. The maximum atomic E-state index is 11.4. The van der Waals surface area contributed by atoms with E-state index in [1.165, 1.54) is 0 Å². The van der Waals surface area contributed by atoms with Crippen LogP contribution >= 0.6 is 11.6 Å². The van der Waals surface area contributed by atoms with Crippen LogP contribution in [-0.4, -0.2) is 16.1 Å². The number of carbonyl (C=O) groups excluding carboxylic acids is 1. The number of aldehydes is 1. The number of aromatic nitrogens is 2. The summed E-state index contributed by atoms with van der Waals surface area (Å²) in [4.78, 5) is 11.4. The Morgan fingerprint density at radius 2 is 1.86 bits per heavy atom. The summed E-state index contributed by atoms with van der Waals surface area (Å²) in [5, 5.41) is 4.84. The molecule has 0 fully saturated rings. The third kappa shape index (κ3) is 2.48.